The van der Waals surface area contributed by atoms with Gasteiger partial charge in [-0.05, 0) is 6.07 Å². The second-order valence-corrected chi connectivity index (χ2v) is 2.46. The molecule has 0 spiro atoms. The number of rotatable bonds is 3. The number of aliphatic hydroxyl groups excluding tert-OH is 1. The quantitative estimate of drug-likeness (QED) is 0.772. The first kappa shape index (κ1) is 9.80. The van der Waals surface area contributed by atoms with Crippen LogP contribution in [0.2, 0.25) is 0 Å². The second-order valence-electron chi connectivity index (χ2n) is 2.46. The lowest BCUT2D eigenvalue weighted by atomic mass is 10.2. The number of hydrogen-bond donors (Lipinski definition) is 1. The van der Waals surface area contributed by atoms with E-state index in [1.54, 1.807) is 0 Å². The molecule has 0 aliphatic heterocycles. The van der Waals surface area contributed by atoms with Gasteiger partial charge in [-0.1, -0.05) is 0 Å². The number of hydrogen-bond acceptors (Lipinski definition) is 3. The molecule has 0 aliphatic carbocycles. The Morgan fingerprint density at radius 2 is 1.77 bits per heavy atom. The number of methoxy groups -OCH3 is 2. The largest absolute Gasteiger partial charge is 0.493 e. The molecular weight excluding hydrogens is 174 g/mol. The van der Waals surface area contributed by atoms with Crippen molar-refractivity contribution in [3.05, 3.63) is 23.5 Å². The number of benzene rings is 1. The molecule has 0 aromatic heterocycles. The fraction of sp³-hybridized carbons (Fsp3) is 0.333. The Morgan fingerprint density at radius 1 is 1.23 bits per heavy atom. The zero-order valence-electron chi connectivity index (χ0n) is 7.50. The third-order valence-electron chi connectivity index (χ3n) is 1.72. The Balaban J connectivity index is 3.18. The number of halogens is 1. The Hall–Kier alpha value is -1.29. The first-order chi connectivity index (χ1) is 6.22. The highest BCUT2D eigenvalue weighted by Gasteiger charge is 2.09. The van der Waals surface area contributed by atoms with Crippen molar-refractivity contribution in [2.75, 3.05) is 14.2 Å². The van der Waals surface area contributed by atoms with Gasteiger partial charge in [0.2, 0.25) is 0 Å². The van der Waals surface area contributed by atoms with Gasteiger partial charge in [-0.3, -0.25) is 0 Å². The number of aliphatic hydroxyl groups is 1. The maximum absolute atomic E-state index is 13.1. The van der Waals surface area contributed by atoms with Crippen LogP contribution in [-0.2, 0) is 6.61 Å². The van der Waals surface area contributed by atoms with E-state index in [0.29, 0.717) is 11.5 Å². The van der Waals surface area contributed by atoms with Gasteiger partial charge in [0.05, 0.1) is 20.8 Å². The van der Waals surface area contributed by atoms with E-state index in [-0.39, 0.29) is 12.2 Å². The van der Waals surface area contributed by atoms with Crippen molar-refractivity contribution < 1.29 is 19.0 Å². The summed E-state index contributed by atoms with van der Waals surface area (Å²) in [5, 5.41) is 8.77. The fourth-order valence-corrected chi connectivity index (χ4v) is 1.02. The standard InChI is InChI=1S/C9H11FO3/c1-12-8-3-6(5-11)7(10)4-9(8)13-2/h3-4,11H,5H2,1-2H3/i10-1. The highest BCUT2D eigenvalue weighted by atomic mass is 18.2. The highest BCUT2D eigenvalue weighted by Crippen LogP contribution is 2.29. The minimum absolute atomic E-state index is 0.192. The molecule has 0 radical (unpaired) electrons. The molecule has 13 heavy (non-hydrogen) atoms. The van der Waals surface area contributed by atoms with E-state index >= 15 is 0 Å². The van der Waals surface area contributed by atoms with Gasteiger partial charge in [0, 0.05) is 11.6 Å². The van der Waals surface area contributed by atoms with Gasteiger partial charge in [-0.15, -0.1) is 0 Å². The van der Waals surface area contributed by atoms with Crippen molar-refractivity contribution in [3.8, 4) is 11.5 Å². The molecule has 1 aromatic carbocycles. The average molecular weight is 185 g/mol. The molecule has 0 atom stereocenters. The molecule has 0 amide bonds. The van der Waals surface area contributed by atoms with Crippen LogP contribution in [0, 0.1) is 5.82 Å². The zero-order chi connectivity index (χ0) is 9.84. The SMILES string of the molecule is COc1cc([18F])c(CO)cc1OC. The van der Waals surface area contributed by atoms with Crippen molar-refractivity contribution >= 4 is 0 Å². The van der Waals surface area contributed by atoms with Crippen molar-refractivity contribution in [3.63, 3.8) is 0 Å². The first-order valence-electron chi connectivity index (χ1n) is 3.74. The van der Waals surface area contributed by atoms with Crippen LogP contribution in [0.5, 0.6) is 11.5 Å². The lowest BCUT2D eigenvalue weighted by molar-refractivity contribution is 0.273. The van der Waals surface area contributed by atoms with Crippen molar-refractivity contribution in [1.29, 1.82) is 0 Å². The van der Waals surface area contributed by atoms with Crippen LogP contribution >= 0.6 is 0 Å². The van der Waals surface area contributed by atoms with Crippen molar-refractivity contribution in [1.82, 2.24) is 0 Å². The summed E-state index contributed by atoms with van der Waals surface area (Å²) in [5.41, 5.74) is 0.192. The molecule has 0 aliphatic rings. The molecule has 3 nitrogen and oxygen atoms in total. The summed E-state index contributed by atoms with van der Waals surface area (Å²) < 4.78 is 22.9. The van der Waals surface area contributed by atoms with Crippen molar-refractivity contribution in [2.24, 2.45) is 0 Å². The van der Waals surface area contributed by atoms with Crippen molar-refractivity contribution in [2.45, 2.75) is 6.61 Å². The van der Waals surface area contributed by atoms with Crippen LogP contribution in [0.25, 0.3) is 0 Å². The van der Waals surface area contributed by atoms with Gasteiger partial charge < -0.3 is 14.6 Å². The molecule has 0 unspecified atom stereocenters. The summed E-state index contributed by atoms with van der Waals surface area (Å²) in [5.74, 6) is 0.227. The summed E-state index contributed by atoms with van der Waals surface area (Å²) >= 11 is 0. The van der Waals surface area contributed by atoms with E-state index in [9.17, 15) is 4.39 Å². The zero-order valence-corrected chi connectivity index (χ0v) is 7.50. The Morgan fingerprint density at radius 3 is 2.23 bits per heavy atom. The lowest BCUT2D eigenvalue weighted by Crippen LogP contribution is -1.96. The molecule has 1 rings (SSSR count). The summed E-state index contributed by atoms with van der Waals surface area (Å²) in [6, 6.07) is 2.60. The van der Waals surface area contributed by atoms with E-state index in [1.165, 1.54) is 26.4 Å². The lowest BCUT2D eigenvalue weighted by Gasteiger charge is -2.09. The van der Waals surface area contributed by atoms with Gasteiger partial charge in [-0.2, -0.15) is 0 Å². The van der Waals surface area contributed by atoms with Crippen LogP contribution in [-0.4, -0.2) is 19.3 Å². The van der Waals surface area contributed by atoms with Gasteiger partial charge in [-0.25, -0.2) is 4.39 Å². The third kappa shape index (κ3) is 1.89. The summed E-state index contributed by atoms with van der Waals surface area (Å²) in [7, 11) is 2.88. The normalized spacial score (nSPS) is 9.85. The number of ether oxygens (including phenoxy) is 2. The fourth-order valence-electron chi connectivity index (χ4n) is 1.02. The molecule has 0 saturated heterocycles. The van der Waals surface area contributed by atoms with E-state index in [0.717, 1.165) is 0 Å². The molecule has 0 bridgehead atoms. The molecule has 0 fully saturated rings. The molecule has 72 valence electrons. The van der Waals surface area contributed by atoms with Crippen LogP contribution in [0.3, 0.4) is 0 Å². The van der Waals surface area contributed by atoms with Crippen LogP contribution < -0.4 is 9.47 Å². The minimum Gasteiger partial charge on any atom is -0.493 e. The first-order valence-corrected chi connectivity index (χ1v) is 3.74. The van der Waals surface area contributed by atoms with Gasteiger partial charge in [0.1, 0.15) is 5.82 Å². The minimum atomic E-state index is -0.500. The summed E-state index contributed by atoms with van der Waals surface area (Å²) in [4.78, 5) is 0. The smallest absolute Gasteiger partial charge is 0.163 e. The molecular formula is C9H11FO3. The van der Waals surface area contributed by atoms with E-state index in [1.807, 2.05) is 0 Å². The topological polar surface area (TPSA) is 38.7 Å². The molecule has 0 heterocycles. The van der Waals surface area contributed by atoms with Gasteiger partial charge >= 0.3 is 0 Å². The Labute approximate surface area is 75.7 Å². The molecule has 0 saturated carbocycles. The average Bonchev–Trinajstić information content (AvgIpc) is 2.17. The molecule has 4 heteroatoms. The van der Waals surface area contributed by atoms with Gasteiger partial charge in [0.25, 0.3) is 0 Å². The maximum atomic E-state index is 13.1. The molecule has 1 N–H and O–H groups in total. The summed E-state index contributed by atoms with van der Waals surface area (Å²) in [6.45, 7) is -0.355. The monoisotopic (exact) mass is 185 g/mol. The van der Waals surface area contributed by atoms with Crippen LogP contribution in [0.1, 0.15) is 5.56 Å². The van der Waals surface area contributed by atoms with E-state index < -0.39 is 5.82 Å². The van der Waals surface area contributed by atoms with Gasteiger partial charge in [0.15, 0.2) is 11.5 Å². The highest BCUT2D eigenvalue weighted by molar-refractivity contribution is 5.43. The third-order valence-corrected chi connectivity index (χ3v) is 1.72. The Kier molecular flexibility index (Phi) is 3.08. The van der Waals surface area contributed by atoms with Crippen LogP contribution in [0.15, 0.2) is 12.1 Å². The van der Waals surface area contributed by atoms with E-state index in [2.05, 4.69) is 0 Å². The Bertz CT molecular complexity index is 299. The predicted octanol–water partition coefficient (Wildman–Crippen LogP) is 1.34. The van der Waals surface area contributed by atoms with E-state index in [4.69, 9.17) is 14.6 Å². The predicted molar refractivity (Wildman–Crippen MR) is 45.4 cm³/mol. The van der Waals surface area contributed by atoms with Crippen LogP contribution in [0.4, 0.5) is 4.39 Å². The summed E-state index contributed by atoms with van der Waals surface area (Å²) in [6.07, 6.45) is 0. The second kappa shape index (κ2) is 4.09. The molecule has 1 aromatic rings. The maximum Gasteiger partial charge on any atom is 0.163 e.